The summed E-state index contributed by atoms with van der Waals surface area (Å²) in [5.41, 5.74) is 0.497. The van der Waals surface area contributed by atoms with Gasteiger partial charge in [0, 0.05) is 105 Å². The highest BCUT2D eigenvalue weighted by Crippen LogP contribution is 2.21. The number of carbonyl (C=O) groups is 9. The number of rotatable bonds is 18. The molecular formula is C48H56N18O11. The first-order chi connectivity index (χ1) is 36.2. The van der Waals surface area contributed by atoms with Gasteiger partial charge in [0.2, 0.25) is 17.6 Å². The number of hydrogen-bond donors (Lipinski definition) is 9. The average Bonchev–Trinajstić information content (AvgIpc) is 4.22. The number of alkyl carbamates (subject to hydrolysis) is 1. The number of aromatic carboxylic acids is 1. The maximum atomic E-state index is 13.8. The second kappa shape index (κ2) is 22.1. The minimum absolute atomic E-state index is 0.0153. The number of hydrogen-bond acceptors (Lipinski definition) is 13. The van der Waals surface area contributed by atoms with Crippen molar-refractivity contribution in [2.45, 2.75) is 38.8 Å². The van der Waals surface area contributed by atoms with E-state index in [2.05, 4.69) is 57.5 Å². The summed E-state index contributed by atoms with van der Waals surface area (Å²) in [6, 6.07) is 4.32. The lowest BCUT2D eigenvalue weighted by atomic mass is 10.2. The molecule has 0 aliphatic rings. The molecule has 0 aliphatic heterocycles. The van der Waals surface area contributed by atoms with Crippen molar-refractivity contribution in [2.75, 3.05) is 38.4 Å². The van der Waals surface area contributed by atoms with Gasteiger partial charge in [0.15, 0.2) is 17.5 Å². The Hall–Kier alpha value is -10.2. The van der Waals surface area contributed by atoms with E-state index in [-0.39, 0.29) is 76.2 Å². The highest BCUT2D eigenvalue weighted by atomic mass is 16.6. The monoisotopic (exact) mass is 1060 g/mol. The number of aryl methyl sites for hydroxylation is 7. The molecule has 0 aromatic carbocycles. The number of nitrogens with one attached hydrogen (secondary N) is 8. The van der Waals surface area contributed by atoms with Gasteiger partial charge in [-0.05, 0) is 51.5 Å². The van der Waals surface area contributed by atoms with Crippen LogP contribution in [-0.4, -0.2) is 124 Å². The minimum Gasteiger partial charge on any atom is -0.477 e. The standard InChI is InChI=1S/C48H56N18O11/c1-48(2,3)77-47(76)55-29(39(67)51-25-15-31(62(6)19-25)41(69)59-35-24-66(10)38(57-35)45(73)54-28-18-33(46(74)75)64(8)22-28)11-12-50-43(71)37-56-34(23-65(37)9)58-42(70)32-16-26(20-63(32)7)52-40(68)30-17-27(21-61(30)5)53-44(72)36-49-13-14-60(36)4/h13-24,29H,11-12H2,1-10H3,(H,50,71)(H,51,67)(H,52,68)(H,53,72)(H,54,73)(H,55,76)(H,58,70)(H,59,69)(H,74,75)/t29-/m0/s1. The number of nitrogens with zero attached hydrogens (tertiary/aromatic N) is 10. The lowest BCUT2D eigenvalue weighted by Crippen LogP contribution is -2.47. The SMILES string of the molecule is Cn1cc(NC(=O)c2nc(NC(=O)c3cc(NC(=O)[C@H](CCNC(=O)c4nc(NC(=O)c5cc(NC(=O)c6cc(NC(=O)c7nccn7C)cn6C)cn5C)cn4C)NC(=O)OC(C)(C)C)cn3C)cn2C)cc1C(=O)O. The fraction of sp³-hybridized carbons (Fsp3) is 0.292. The number of ether oxygens (including phenoxy) is 1. The molecule has 0 spiro atoms. The number of carboxylic acids is 1. The van der Waals surface area contributed by atoms with Crippen molar-refractivity contribution in [3.63, 3.8) is 0 Å². The number of imidazole rings is 3. The van der Waals surface area contributed by atoms with Crippen LogP contribution < -0.4 is 42.5 Å². The van der Waals surface area contributed by atoms with Gasteiger partial charge in [-0.2, -0.15) is 0 Å². The maximum absolute atomic E-state index is 13.8. The minimum atomic E-state index is -1.28. The summed E-state index contributed by atoms with van der Waals surface area (Å²) in [6.45, 7) is 4.76. The molecule has 29 heteroatoms. The molecule has 0 saturated heterocycles. The van der Waals surface area contributed by atoms with Gasteiger partial charge in [-0.1, -0.05) is 0 Å². The Morgan fingerprint density at radius 3 is 1.38 bits per heavy atom. The molecule has 0 radical (unpaired) electrons. The first-order valence-electron chi connectivity index (χ1n) is 23.3. The highest BCUT2D eigenvalue weighted by Gasteiger charge is 2.27. The van der Waals surface area contributed by atoms with Crippen LogP contribution in [0, 0.1) is 0 Å². The van der Waals surface area contributed by atoms with Crippen molar-refractivity contribution in [2.24, 2.45) is 49.3 Å². The number of anilines is 6. The molecule has 0 bridgehead atoms. The number of carbonyl (C=O) groups excluding carboxylic acids is 8. The number of aromatic nitrogens is 10. The van der Waals surface area contributed by atoms with Gasteiger partial charge >= 0.3 is 12.1 Å². The Bertz CT molecular complexity index is 3480. The van der Waals surface area contributed by atoms with Crippen molar-refractivity contribution in [1.29, 1.82) is 0 Å². The first-order valence-corrected chi connectivity index (χ1v) is 23.3. The molecule has 7 aromatic rings. The van der Waals surface area contributed by atoms with Crippen LogP contribution in [0.1, 0.15) is 101 Å². The normalized spacial score (nSPS) is 11.6. The van der Waals surface area contributed by atoms with E-state index in [0.29, 0.717) is 11.4 Å². The quantitative estimate of drug-likeness (QED) is 0.0597. The Labute approximate surface area is 438 Å². The lowest BCUT2D eigenvalue weighted by molar-refractivity contribution is -0.118. The van der Waals surface area contributed by atoms with Gasteiger partial charge in [-0.25, -0.2) is 24.5 Å². The Balaban J connectivity index is 0.936. The van der Waals surface area contributed by atoms with Crippen LogP contribution in [0.25, 0.3) is 0 Å². The molecule has 0 fully saturated rings. The maximum Gasteiger partial charge on any atom is 0.408 e. The summed E-state index contributed by atoms with van der Waals surface area (Å²) < 4.78 is 15.5. The second-order valence-electron chi connectivity index (χ2n) is 18.7. The molecule has 0 saturated carbocycles. The van der Waals surface area contributed by atoms with Gasteiger partial charge in [0.1, 0.15) is 34.4 Å². The Morgan fingerprint density at radius 2 is 0.935 bits per heavy atom. The second-order valence-corrected chi connectivity index (χ2v) is 18.7. The van der Waals surface area contributed by atoms with Crippen LogP contribution in [0.15, 0.2) is 73.8 Å². The summed E-state index contributed by atoms with van der Waals surface area (Å²) in [6.07, 6.45) is 10.8. The smallest absolute Gasteiger partial charge is 0.408 e. The number of carboxylic acid groups (broad SMARTS) is 1. The fourth-order valence-electron chi connectivity index (χ4n) is 7.77. The molecule has 0 unspecified atom stereocenters. The van der Waals surface area contributed by atoms with Crippen LogP contribution >= 0.6 is 0 Å². The topological polar surface area (TPSA) is 353 Å². The highest BCUT2D eigenvalue weighted by molar-refractivity contribution is 6.09. The molecule has 29 nitrogen and oxygen atoms in total. The molecule has 77 heavy (non-hydrogen) atoms. The van der Waals surface area contributed by atoms with E-state index in [9.17, 15) is 48.3 Å². The van der Waals surface area contributed by atoms with E-state index in [1.165, 1.54) is 110 Å². The predicted octanol–water partition coefficient (Wildman–Crippen LogP) is 2.85. The molecule has 7 rings (SSSR count). The third-order valence-corrected chi connectivity index (χ3v) is 11.4. The van der Waals surface area contributed by atoms with E-state index >= 15 is 0 Å². The summed E-state index contributed by atoms with van der Waals surface area (Å²) in [5, 5.41) is 30.5. The molecule has 8 amide bonds. The summed E-state index contributed by atoms with van der Waals surface area (Å²) in [5.74, 6) is -5.47. The molecular weight excluding hydrogens is 1000 g/mol. The third-order valence-electron chi connectivity index (χ3n) is 11.4. The molecule has 404 valence electrons. The van der Waals surface area contributed by atoms with Gasteiger partial charge in [-0.15, -0.1) is 0 Å². The number of amides is 8. The van der Waals surface area contributed by atoms with Crippen molar-refractivity contribution >= 4 is 87.8 Å². The van der Waals surface area contributed by atoms with Gasteiger partial charge in [0.05, 0.1) is 22.7 Å². The third kappa shape index (κ3) is 13.1. The Morgan fingerprint density at radius 1 is 0.519 bits per heavy atom. The van der Waals surface area contributed by atoms with Crippen molar-refractivity contribution < 1.29 is 53.0 Å². The molecule has 7 aromatic heterocycles. The van der Waals surface area contributed by atoms with Crippen LogP contribution in [0.2, 0.25) is 0 Å². The van der Waals surface area contributed by atoms with Crippen molar-refractivity contribution in [1.82, 2.24) is 57.6 Å². The van der Waals surface area contributed by atoms with Gasteiger partial charge < -0.3 is 84.3 Å². The van der Waals surface area contributed by atoms with E-state index in [1.807, 2.05) is 0 Å². The molecule has 1 atom stereocenters. The van der Waals surface area contributed by atoms with E-state index in [4.69, 9.17) is 4.74 Å². The molecule has 9 N–H and O–H groups in total. The average molecular weight is 1060 g/mol. The van der Waals surface area contributed by atoms with E-state index < -0.39 is 65.1 Å². The summed E-state index contributed by atoms with van der Waals surface area (Å²) >= 11 is 0. The largest absolute Gasteiger partial charge is 0.477 e. The van der Waals surface area contributed by atoms with Crippen LogP contribution in [0.5, 0.6) is 0 Å². The predicted molar refractivity (Wildman–Crippen MR) is 277 cm³/mol. The molecule has 0 aliphatic carbocycles. The van der Waals surface area contributed by atoms with Gasteiger partial charge in [-0.3, -0.25) is 33.6 Å². The van der Waals surface area contributed by atoms with E-state index in [0.717, 1.165) is 0 Å². The van der Waals surface area contributed by atoms with Crippen molar-refractivity contribution in [3.05, 3.63) is 114 Å². The van der Waals surface area contributed by atoms with Crippen molar-refractivity contribution in [3.8, 4) is 0 Å². The lowest BCUT2D eigenvalue weighted by Gasteiger charge is -2.23. The first kappa shape index (κ1) is 54.6. The van der Waals surface area contributed by atoms with E-state index in [1.54, 1.807) is 65.9 Å². The zero-order valence-electron chi connectivity index (χ0n) is 43.4. The zero-order valence-corrected chi connectivity index (χ0v) is 43.4. The Kier molecular flexibility index (Phi) is 15.7. The fourth-order valence-corrected chi connectivity index (χ4v) is 7.77. The molecule has 7 heterocycles. The van der Waals surface area contributed by atoms with Gasteiger partial charge in [0.25, 0.3) is 35.4 Å². The van der Waals surface area contributed by atoms with Crippen LogP contribution in [0.4, 0.5) is 39.2 Å². The summed E-state index contributed by atoms with van der Waals surface area (Å²) in [7, 11) is 11.0. The van der Waals surface area contributed by atoms with Crippen LogP contribution in [0.3, 0.4) is 0 Å². The van der Waals surface area contributed by atoms with Crippen LogP contribution in [-0.2, 0) is 58.9 Å². The summed E-state index contributed by atoms with van der Waals surface area (Å²) in [4.78, 5) is 130. The zero-order chi connectivity index (χ0) is 56.2.